The molecule has 7 heteroatoms. The first-order chi connectivity index (χ1) is 11.7. The lowest BCUT2D eigenvalue weighted by molar-refractivity contribution is -0.133. The Hall–Kier alpha value is -1.92. The molecule has 0 bridgehead atoms. The topological polar surface area (TPSA) is 80.1 Å². The van der Waals surface area contributed by atoms with Gasteiger partial charge in [-0.25, -0.2) is 9.67 Å². The molecule has 1 aliphatic heterocycles. The first-order valence-corrected chi connectivity index (χ1v) is 9.10. The molecule has 0 aromatic carbocycles. The minimum Gasteiger partial charge on any atom is -0.346 e. The third-order valence-electron chi connectivity index (χ3n) is 4.52. The van der Waals surface area contributed by atoms with Gasteiger partial charge in [0.25, 0.3) is 0 Å². The summed E-state index contributed by atoms with van der Waals surface area (Å²) in [7, 11) is 0. The molecule has 1 N–H and O–H groups in total. The van der Waals surface area contributed by atoms with Crippen molar-refractivity contribution in [1.82, 2.24) is 25.0 Å². The van der Waals surface area contributed by atoms with Crippen LogP contribution >= 0.6 is 0 Å². The van der Waals surface area contributed by atoms with E-state index >= 15 is 0 Å². The van der Waals surface area contributed by atoms with Crippen LogP contribution in [0.3, 0.4) is 0 Å². The maximum Gasteiger partial charge on any atom is 0.223 e. The number of likely N-dealkylation sites (tertiary alicyclic amines) is 1. The van der Waals surface area contributed by atoms with Crippen LogP contribution in [-0.4, -0.2) is 44.6 Å². The molecule has 0 radical (unpaired) electrons. The number of hydrogen-bond donors (Lipinski definition) is 1. The highest BCUT2D eigenvalue weighted by atomic mass is 16.2. The third-order valence-corrected chi connectivity index (χ3v) is 4.52. The Morgan fingerprint density at radius 2 is 1.88 bits per heavy atom. The van der Waals surface area contributed by atoms with Crippen molar-refractivity contribution in [2.75, 3.05) is 13.1 Å². The van der Waals surface area contributed by atoms with Gasteiger partial charge in [0.15, 0.2) is 0 Å². The first-order valence-electron chi connectivity index (χ1n) is 9.10. The van der Waals surface area contributed by atoms with Gasteiger partial charge in [-0.05, 0) is 26.2 Å². The van der Waals surface area contributed by atoms with Crippen LogP contribution < -0.4 is 5.32 Å². The summed E-state index contributed by atoms with van der Waals surface area (Å²) in [5.74, 6) is 0.764. The van der Waals surface area contributed by atoms with Crippen molar-refractivity contribution in [3.05, 3.63) is 12.2 Å². The van der Waals surface area contributed by atoms with Crippen LogP contribution in [0.5, 0.6) is 0 Å². The Labute approximate surface area is 143 Å². The average molecular weight is 335 g/mol. The zero-order valence-electron chi connectivity index (χ0n) is 14.8. The van der Waals surface area contributed by atoms with Crippen molar-refractivity contribution in [2.45, 2.75) is 71.4 Å². The van der Waals surface area contributed by atoms with Crippen molar-refractivity contribution < 1.29 is 9.59 Å². The van der Waals surface area contributed by atoms with E-state index in [4.69, 9.17) is 0 Å². The number of hydrogen-bond acceptors (Lipinski definition) is 4. The Morgan fingerprint density at radius 3 is 2.50 bits per heavy atom. The van der Waals surface area contributed by atoms with E-state index in [2.05, 4.69) is 15.4 Å². The van der Waals surface area contributed by atoms with Gasteiger partial charge in [0.1, 0.15) is 12.2 Å². The molecule has 1 atom stereocenters. The predicted molar refractivity (Wildman–Crippen MR) is 91.2 cm³/mol. The number of aryl methyl sites for hydroxylation is 1. The van der Waals surface area contributed by atoms with Crippen LogP contribution in [0.4, 0.5) is 0 Å². The van der Waals surface area contributed by atoms with Crippen LogP contribution in [-0.2, 0) is 16.1 Å². The predicted octanol–water partition coefficient (Wildman–Crippen LogP) is 2.05. The maximum absolute atomic E-state index is 12.3. The molecule has 7 nitrogen and oxygen atoms in total. The molecule has 0 aliphatic carbocycles. The molecule has 24 heavy (non-hydrogen) atoms. The largest absolute Gasteiger partial charge is 0.346 e. The van der Waals surface area contributed by atoms with Gasteiger partial charge in [-0.3, -0.25) is 9.59 Å². The summed E-state index contributed by atoms with van der Waals surface area (Å²) in [4.78, 5) is 30.6. The molecule has 1 unspecified atom stereocenters. The number of nitrogens with one attached hydrogen (secondary N) is 1. The van der Waals surface area contributed by atoms with E-state index in [-0.39, 0.29) is 30.7 Å². The molecule has 1 aromatic heterocycles. The van der Waals surface area contributed by atoms with Gasteiger partial charge >= 0.3 is 0 Å². The van der Waals surface area contributed by atoms with Crippen LogP contribution in [0.15, 0.2) is 6.33 Å². The summed E-state index contributed by atoms with van der Waals surface area (Å²) < 4.78 is 1.79. The summed E-state index contributed by atoms with van der Waals surface area (Å²) in [6.07, 6.45) is 7.29. The molecular weight excluding hydrogens is 306 g/mol. The molecular formula is C17H29N5O2. The van der Waals surface area contributed by atoms with E-state index in [1.54, 1.807) is 4.68 Å². The second-order valence-electron chi connectivity index (χ2n) is 6.26. The average Bonchev–Trinajstić information content (AvgIpc) is 2.90. The third kappa shape index (κ3) is 5.04. The number of carbonyl (C=O) groups is 2. The lowest BCUT2D eigenvalue weighted by Gasteiger charge is -2.21. The summed E-state index contributed by atoms with van der Waals surface area (Å²) >= 11 is 0. The van der Waals surface area contributed by atoms with Crippen LogP contribution in [0.25, 0.3) is 0 Å². The number of amides is 2. The van der Waals surface area contributed by atoms with E-state index in [1.165, 1.54) is 19.2 Å². The lowest BCUT2D eigenvalue weighted by atomic mass is 10.2. The molecule has 2 rings (SSSR count). The van der Waals surface area contributed by atoms with Crippen molar-refractivity contribution in [1.29, 1.82) is 0 Å². The highest BCUT2D eigenvalue weighted by molar-refractivity contribution is 5.83. The standard InChI is InChI=1S/C17H29N5O2/c1-3-14(17-18-13-19-22(17)4-2)20-15(23)9-10-16(24)21-11-7-5-6-8-12-21/h13-14H,3-12H2,1-2H3,(H,20,23). The SMILES string of the molecule is CCC(NC(=O)CCC(=O)N1CCCCCC1)c1ncnn1CC. The number of nitrogens with zero attached hydrogens (tertiary/aromatic N) is 4. The molecule has 1 fully saturated rings. The molecule has 0 saturated carbocycles. The van der Waals surface area contributed by atoms with Gasteiger partial charge in [0, 0.05) is 32.5 Å². The van der Waals surface area contributed by atoms with Gasteiger partial charge in [-0.1, -0.05) is 19.8 Å². The van der Waals surface area contributed by atoms with E-state index in [1.807, 2.05) is 18.7 Å². The molecule has 1 aromatic rings. The maximum atomic E-state index is 12.3. The highest BCUT2D eigenvalue weighted by Crippen LogP contribution is 2.15. The van der Waals surface area contributed by atoms with Crippen LogP contribution in [0.1, 0.15) is 70.7 Å². The van der Waals surface area contributed by atoms with Gasteiger partial charge in [0.05, 0.1) is 6.04 Å². The minimum atomic E-state index is -0.159. The fourth-order valence-corrected chi connectivity index (χ4v) is 3.10. The summed E-state index contributed by atoms with van der Waals surface area (Å²) in [6, 6.07) is -0.159. The van der Waals surface area contributed by atoms with E-state index in [9.17, 15) is 9.59 Å². The minimum absolute atomic E-state index is 0.0943. The summed E-state index contributed by atoms with van der Waals surface area (Å²) in [5.41, 5.74) is 0. The molecule has 134 valence electrons. The smallest absolute Gasteiger partial charge is 0.223 e. The Bertz CT molecular complexity index is 535. The van der Waals surface area contributed by atoms with Gasteiger partial charge in [0.2, 0.25) is 11.8 Å². The number of rotatable bonds is 7. The van der Waals surface area contributed by atoms with Crippen LogP contribution in [0.2, 0.25) is 0 Å². The van der Waals surface area contributed by atoms with E-state index in [0.29, 0.717) is 0 Å². The van der Waals surface area contributed by atoms with Crippen molar-refractivity contribution in [2.24, 2.45) is 0 Å². The number of aromatic nitrogens is 3. The zero-order valence-corrected chi connectivity index (χ0v) is 14.8. The Morgan fingerprint density at radius 1 is 1.17 bits per heavy atom. The quantitative estimate of drug-likeness (QED) is 0.827. The molecule has 2 heterocycles. The van der Waals surface area contributed by atoms with Crippen molar-refractivity contribution in [3.8, 4) is 0 Å². The fraction of sp³-hybridized carbons (Fsp3) is 0.765. The van der Waals surface area contributed by atoms with Crippen molar-refractivity contribution >= 4 is 11.8 Å². The molecule has 1 saturated heterocycles. The second-order valence-corrected chi connectivity index (χ2v) is 6.26. The Kier molecular flexibility index (Phi) is 7.21. The lowest BCUT2D eigenvalue weighted by Crippen LogP contribution is -2.34. The summed E-state index contributed by atoms with van der Waals surface area (Å²) in [5, 5.41) is 7.13. The summed E-state index contributed by atoms with van der Waals surface area (Å²) in [6.45, 7) is 6.37. The fourth-order valence-electron chi connectivity index (χ4n) is 3.10. The second kappa shape index (κ2) is 9.39. The highest BCUT2D eigenvalue weighted by Gasteiger charge is 2.20. The van der Waals surface area contributed by atoms with Gasteiger partial charge in [-0.15, -0.1) is 0 Å². The molecule has 2 amide bonds. The van der Waals surface area contributed by atoms with Gasteiger partial charge in [-0.2, -0.15) is 5.10 Å². The monoisotopic (exact) mass is 335 g/mol. The molecule has 0 spiro atoms. The van der Waals surface area contributed by atoms with Gasteiger partial charge < -0.3 is 10.2 Å². The van der Waals surface area contributed by atoms with Crippen molar-refractivity contribution in [3.63, 3.8) is 0 Å². The normalized spacial score (nSPS) is 16.5. The van der Waals surface area contributed by atoms with E-state index in [0.717, 1.165) is 44.7 Å². The van der Waals surface area contributed by atoms with E-state index < -0.39 is 0 Å². The molecule has 1 aliphatic rings. The Balaban J connectivity index is 1.82. The van der Waals surface area contributed by atoms with Crippen LogP contribution in [0, 0.1) is 0 Å². The number of carbonyl (C=O) groups excluding carboxylic acids is 2. The first kappa shape index (κ1) is 18.4. The zero-order chi connectivity index (χ0) is 17.4.